The Balaban J connectivity index is 1.77. The summed E-state index contributed by atoms with van der Waals surface area (Å²) in [6.07, 6.45) is 3.41. The monoisotopic (exact) mass is 347 g/mol. The molecule has 0 spiro atoms. The highest BCUT2D eigenvalue weighted by molar-refractivity contribution is 6.28. The molecule has 1 aliphatic heterocycles. The van der Waals surface area contributed by atoms with Crippen LogP contribution in [-0.2, 0) is 4.74 Å². The SMILES string of the molecule is Oc1cc(O)cc(Nc2nc(Cl)nc3c2ncn3C2CCCO2)c1. The number of hydrogen-bond donors (Lipinski definition) is 3. The molecule has 1 aromatic carbocycles. The van der Waals surface area contributed by atoms with Crippen molar-refractivity contribution >= 4 is 34.3 Å². The number of benzene rings is 1. The van der Waals surface area contributed by atoms with Gasteiger partial charge in [-0.25, -0.2) is 4.98 Å². The third kappa shape index (κ3) is 2.70. The average molecular weight is 348 g/mol. The molecule has 3 aromatic rings. The lowest BCUT2D eigenvalue weighted by atomic mass is 10.2. The zero-order chi connectivity index (χ0) is 16.7. The number of nitrogens with zero attached hydrogens (tertiary/aromatic N) is 4. The largest absolute Gasteiger partial charge is 0.508 e. The first-order valence-corrected chi connectivity index (χ1v) is 7.80. The fourth-order valence-corrected chi connectivity index (χ4v) is 2.94. The highest BCUT2D eigenvalue weighted by atomic mass is 35.5. The Bertz CT molecular complexity index is 887. The molecule has 1 fully saturated rings. The molecule has 9 heteroatoms. The summed E-state index contributed by atoms with van der Waals surface area (Å²) in [6, 6.07) is 4.15. The zero-order valence-corrected chi connectivity index (χ0v) is 13.2. The second-order valence-corrected chi connectivity index (χ2v) is 5.83. The molecule has 4 rings (SSSR count). The van der Waals surface area contributed by atoms with Crippen LogP contribution in [0.3, 0.4) is 0 Å². The topological polar surface area (TPSA) is 105 Å². The number of hydrogen-bond acceptors (Lipinski definition) is 7. The van der Waals surface area contributed by atoms with Crippen molar-refractivity contribution in [1.82, 2.24) is 19.5 Å². The van der Waals surface area contributed by atoms with Crippen LogP contribution in [0.15, 0.2) is 24.5 Å². The van der Waals surface area contributed by atoms with E-state index in [0.29, 0.717) is 29.3 Å². The van der Waals surface area contributed by atoms with Crippen LogP contribution in [0.5, 0.6) is 11.5 Å². The second kappa shape index (κ2) is 5.81. The number of phenolic OH excluding ortho intramolecular Hbond substituents is 2. The minimum Gasteiger partial charge on any atom is -0.508 e. The smallest absolute Gasteiger partial charge is 0.226 e. The van der Waals surface area contributed by atoms with E-state index in [1.54, 1.807) is 6.33 Å². The first kappa shape index (κ1) is 15.0. The Morgan fingerprint density at radius 1 is 1.21 bits per heavy atom. The quantitative estimate of drug-likeness (QED) is 0.625. The van der Waals surface area contributed by atoms with Crippen LogP contribution in [0.2, 0.25) is 5.28 Å². The van der Waals surface area contributed by atoms with Gasteiger partial charge in [0.15, 0.2) is 17.0 Å². The predicted molar refractivity (Wildman–Crippen MR) is 87.6 cm³/mol. The molecule has 124 valence electrons. The number of imidazole rings is 1. The van der Waals surface area contributed by atoms with Crippen molar-refractivity contribution in [3.8, 4) is 11.5 Å². The van der Waals surface area contributed by atoms with Crippen LogP contribution in [0, 0.1) is 0 Å². The Labute approximate surface area is 141 Å². The van der Waals surface area contributed by atoms with Crippen LogP contribution in [0.1, 0.15) is 19.1 Å². The molecule has 1 aliphatic rings. The molecular weight excluding hydrogens is 334 g/mol. The van der Waals surface area contributed by atoms with Gasteiger partial charge in [-0.05, 0) is 24.4 Å². The van der Waals surface area contributed by atoms with Crippen molar-refractivity contribution in [2.24, 2.45) is 0 Å². The fourth-order valence-electron chi connectivity index (χ4n) is 2.77. The van der Waals surface area contributed by atoms with Gasteiger partial charge in [-0.1, -0.05) is 0 Å². The van der Waals surface area contributed by atoms with Gasteiger partial charge in [-0.3, -0.25) is 4.57 Å². The highest BCUT2D eigenvalue weighted by Crippen LogP contribution is 2.31. The van der Waals surface area contributed by atoms with E-state index in [1.165, 1.54) is 18.2 Å². The van der Waals surface area contributed by atoms with Crippen molar-refractivity contribution in [1.29, 1.82) is 0 Å². The summed E-state index contributed by atoms with van der Waals surface area (Å²) in [4.78, 5) is 12.8. The van der Waals surface area contributed by atoms with Crippen LogP contribution < -0.4 is 5.32 Å². The van der Waals surface area contributed by atoms with E-state index in [4.69, 9.17) is 16.3 Å². The molecule has 0 aliphatic carbocycles. The molecular formula is C15H14ClN5O3. The van der Waals surface area contributed by atoms with Gasteiger partial charge < -0.3 is 20.3 Å². The highest BCUT2D eigenvalue weighted by Gasteiger charge is 2.22. The van der Waals surface area contributed by atoms with E-state index in [1.807, 2.05) is 4.57 Å². The van der Waals surface area contributed by atoms with Gasteiger partial charge >= 0.3 is 0 Å². The normalized spacial score (nSPS) is 17.5. The first-order chi connectivity index (χ1) is 11.6. The maximum absolute atomic E-state index is 9.59. The number of rotatable bonds is 3. The average Bonchev–Trinajstić information content (AvgIpc) is 3.14. The van der Waals surface area contributed by atoms with Gasteiger partial charge in [0.25, 0.3) is 0 Å². The summed E-state index contributed by atoms with van der Waals surface area (Å²) in [7, 11) is 0. The maximum Gasteiger partial charge on any atom is 0.226 e. The van der Waals surface area contributed by atoms with E-state index in [0.717, 1.165) is 12.8 Å². The lowest BCUT2D eigenvalue weighted by molar-refractivity contribution is 0.0593. The number of aromatic hydroxyl groups is 2. The molecule has 1 unspecified atom stereocenters. The Kier molecular flexibility index (Phi) is 3.62. The molecule has 1 saturated heterocycles. The molecule has 3 heterocycles. The summed E-state index contributed by atoms with van der Waals surface area (Å²) >= 11 is 6.05. The zero-order valence-electron chi connectivity index (χ0n) is 12.5. The van der Waals surface area contributed by atoms with Gasteiger partial charge in [0, 0.05) is 30.5 Å². The lowest BCUT2D eigenvalue weighted by Gasteiger charge is -2.12. The molecule has 1 atom stereocenters. The molecule has 0 saturated carbocycles. The van der Waals surface area contributed by atoms with Gasteiger partial charge in [-0.2, -0.15) is 9.97 Å². The van der Waals surface area contributed by atoms with Crippen molar-refractivity contribution in [3.63, 3.8) is 0 Å². The summed E-state index contributed by atoms with van der Waals surface area (Å²) in [5.74, 6) is 0.240. The fraction of sp³-hybridized carbons (Fsp3) is 0.267. The van der Waals surface area contributed by atoms with Crippen molar-refractivity contribution in [2.45, 2.75) is 19.1 Å². The number of phenols is 2. The summed E-state index contributed by atoms with van der Waals surface area (Å²) in [5.41, 5.74) is 1.54. The van der Waals surface area contributed by atoms with E-state index < -0.39 is 0 Å². The summed E-state index contributed by atoms with van der Waals surface area (Å²) < 4.78 is 7.50. The number of ether oxygens (including phenoxy) is 1. The van der Waals surface area contributed by atoms with Crippen molar-refractivity contribution in [3.05, 3.63) is 29.8 Å². The Morgan fingerprint density at radius 2 is 2.00 bits per heavy atom. The van der Waals surface area contributed by atoms with Gasteiger partial charge in [0.05, 0.1) is 6.33 Å². The van der Waals surface area contributed by atoms with Gasteiger partial charge in [-0.15, -0.1) is 0 Å². The molecule has 3 N–H and O–H groups in total. The van der Waals surface area contributed by atoms with Crippen molar-refractivity contribution in [2.75, 3.05) is 11.9 Å². The van der Waals surface area contributed by atoms with E-state index in [-0.39, 0.29) is 23.0 Å². The lowest BCUT2D eigenvalue weighted by Crippen LogP contribution is -2.07. The van der Waals surface area contributed by atoms with Crippen LogP contribution in [0.4, 0.5) is 11.5 Å². The minimum atomic E-state index is -0.112. The molecule has 2 aromatic heterocycles. The predicted octanol–water partition coefficient (Wildman–Crippen LogP) is 2.94. The molecule has 0 amide bonds. The standard InChI is InChI=1S/C15H14ClN5O3/c16-15-19-13(18-8-4-9(22)6-10(23)5-8)12-14(20-15)21(7-17-12)11-2-1-3-24-11/h4-7,11,22-23H,1-3H2,(H,18,19,20). The third-order valence-corrected chi connectivity index (χ3v) is 3.94. The van der Waals surface area contributed by atoms with Gasteiger partial charge in [0.2, 0.25) is 5.28 Å². The molecule has 0 radical (unpaired) electrons. The second-order valence-electron chi connectivity index (χ2n) is 5.50. The third-order valence-electron chi connectivity index (χ3n) is 3.78. The van der Waals surface area contributed by atoms with Gasteiger partial charge in [0.1, 0.15) is 17.7 Å². The Hall–Kier alpha value is -2.58. The van der Waals surface area contributed by atoms with Crippen molar-refractivity contribution < 1.29 is 14.9 Å². The molecule has 0 bridgehead atoms. The van der Waals surface area contributed by atoms with E-state index in [2.05, 4.69) is 20.3 Å². The van der Waals surface area contributed by atoms with Crippen LogP contribution in [0.25, 0.3) is 11.2 Å². The van der Waals surface area contributed by atoms with E-state index in [9.17, 15) is 10.2 Å². The molecule has 24 heavy (non-hydrogen) atoms. The minimum absolute atomic E-state index is 0.0640. The summed E-state index contributed by atoms with van der Waals surface area (Å²) in [6.45, 7) is 0.705. The summed E-state index contributed by atoms with van der Waals surface area (Å²) in [5, 5.41) is 22.2. The number of anilines is 2. The first-order valence-electron chi connectivity index (χ1n) is 7.42. The number of nitrogens with one attached hydrogen (secondary N) is 1. The maximum atomic E-state index is 9.59. The Morgan fingerprint density at radius 3 is 2.71 bits per heavy atom. The number of fused-ring (bicyclic) bond motifs is 1. The van der Waals surface area contributed by atoms with E-state index >= 15 is 0 Å². The van der Waals surface area contributed by atoms with Crippen LogP contribution in [-0.4, -0.2) is 36.3 Å². The number of halogens is 1. The van der Waals surface area contributed by atoms with Crippen LogP contribution >= 0.6 is 11.6 Å². The molecule has 8 nitrogen and oxygen atoms in total. The number of aromatic nitrogens is 4.